The van der Waals surface area contributed by atoms with E-state index in [2.05, 4.69) is 15.7 Å². The van der Waals surface area contributed by atoms with E-state index in [0.717, 1.165) is 5.01 Å². The standard InChI is InChI=1S/C13H13F3N6O3/c1-20-3-2-8(17-20)10-6-9(19-25-10)11(23)18-22-5-4-21(12(22)24)7-13(14,15)16/h2-3,6H,4-5,7H2,1H3,(H,18,23). The highest BCUT2D eigenvalue weighted by atomic mass is 19.4. The predicted octanol–water partition coefficient (Wildman–Crippen LogP) is 1.02. The van der Waals surface area contributed by atoms with Gasteiger partial charge >= 0.3 is 12.2 Å². The molecule has 0 spiro atoms. The summed E-state index contributed by atoms with van der Waals surface area (Å²) in [5, 5.41) is 8.47. The fraction of sp³-hybridized carbons (Fsp3) is 0.385. The maximum absolute atomic E-state index is 12.4. The van der Waals surface area contributed by atoms with Gasteiger partial charge in [-0.15, -0.1) is 0 Å². The molecule has 1 aliphatic rings. The van der Waals surface area contributed by atoms with Crippen molar-refractivity contribution in [2.45, 2.75) is 6.18 Å². The third-order valence-electron chi connectivity index (χ3n) is 3.41. The van der Waals surface area contributed by atoms with Crippen molar-refractivity contribution in [3.8, 4) is 11.5 Å². The quantitative estimate of drug-likeness (QED) is 0.880. The van der Waals surface area contributed by atoms with E-state index < -0.39 is 24.7 Å². The van der Waals surface area contributed by atoms with Crippen LogP contribution in [-0.2, 0) is 7.05 Å². The first-order valence-corrected chi connectivity index (χ1v) is 7.14. The normalized spacial score (nSPS) is 15.1. The molecule has 1 N–H and O–H groups in total. The van der Waals surface area contributed by atoms with Gasteiger partial charge in [0.25, 0.3) is 5.91 Å². The summed E-state index contributed by atoms with van der Waals surface area (Å²) in [6.45, 7) is -1.58. The number of nitrogens with one attached hydrogen (secondary N) is 1. The molecule has 2 aromatic rings. The summed E-state index contributed by atoms with van der Waals surface area (Å²) in [5.74, 6) is -0.523. The first kappa shape index (κ1) is 16.8. The predicted molar refractivity (Wildman–Crippen MR) is 75.9 cm³/mol. The number of carbonyl (C=O) groups is 2. The fourth-order valence-corrected chi connectivity index (χ4v) is 2.28. The second-order valence-electron chi connectivity index (χ2n) is 5.36. The van der Waals surface area contributed by atoms with Crippen LogP contribution < -0.4 is 5.43 Å². The molecule has 0 aromatic carbocycles. The van der Waals surface area contributed by atoms with Crippen LogP contribution in [0.1, 0.15) is 10.5 Å². The first-order valence-electron chi connectivity index (χ1n) is 7.14. The van der Waals surface area contributed by atoms with E-state index in [9.17, 15) is 22.8 Å². The van der Waals surface area contributed by atoms with Crippen molar-refractivity contribution in [1.82, 2.24) is 30.3 Å². The Kier molecular flexibility index (Phi) is 4.10. The zero-order valence-electron chi connectivity index (χ0n) is 12.9. The van der Waals surface area contributed by atoms with Gasteiger partial charge in [-0.05, 0) is 6.07 Å². The van der Waals surface area contributed by atoms with E-state index in [-0.39, 0.29) is 24.5 Å². The zero-order valence-corrected chi connectivity index (χ0v) is 12.9. The van der Waals surface area contributed by atoms with Gasteiger partial charge in [0, 0.05) is 25.9 Å². The molecular weight excluding hydrogens is 345 g/mol. The Hall–Kier alpha value is -3.05. The van der Waals surface area contributed by atoms with Crippen molar-refractivity contribution in [2.24, 2.45) is 7.05 Å². The number of aromatic nitrogens is 3. The Morgan fingerprint density at radius 1 is 1.40 bits per heavy atom. The smallest absolute Gasteiger partial charge is 0.354 e. The molecule has 3 heterocycles. The van der Waals surface area contributed by atoms with E-state index in [1.807, 2.05) is 0 Å². The van der Waals surface area contributed by atoms with E-state index in [1.165, 1.54) is 10.7 Å². The fourth-order valence-electron chi connectivity index (χ4n) is 2.28. The largest absolute Gasteiger partial charge is 0.406 e. The second-order valence-corrected chi connectivity index (χ2v) is 5.36. The van der Waals surface area contributed by atoms with Gasteiger partial charge in [0.15, 0.2) is 11.5 Å². The minimum atomic E-state index is -4.50. The van der Waals surface area contributed by atoms with Crippen LogP contribution in [0.2, 0.25) is 0 Å². The van der Waals surface area contributed by atoms with Crippen LogP contribution in [0.5, 0.6) is 0 Å². The molecule has 9 nitrogen and oxygen atoms in total. The highest BCUT2D eigenvalue weighted by Crippen LogP contribution is 2.20. The van der Waals surface area contributed by atoms with Gasteiger partial charge in [-0.2, -0.15) is 18.3 Å². The van der Waals surface area contributed by atoms with Gasteiger partial charge in [0.2, 0.25) is 0 Å². The van der Waals surface area contributed by atoms with Gasteiger partial charge in [-0.1, -0.05) is 5.16 Å². The molecule has 3 rings (SSSR count). The van der Waals surface area contributed by atoms with Gasteiger partial charge in [0.1, 0.15) is 12.2 Å². The number of nitrogens with zero attached hydrogens (tertiary/aromatic N) is 5. The molecule has 0 radical (unpaired) electrons. The summed E-state index contributed by atoms with van der Waals surface area (Å²) >= 11 is 0. The summed E-state index contributed by atoms with van der Waals surface area (Å²) in [4.78, 5) is 24.6. The average molecular weight is 358 g/mol. The molecule has 0 unspecified atom stereocenters. The molecule has 1 fully saturated rings. The molecule has 0 atom stereocenters. The van der Waals surface area contributed by atoms with E-state index in [0.29, 0.717) is 10.6 Å². The Labute approximate surface area is 138 Å². The van der Waals surface area contributed by atoms with Crippen molar-refractivity contribution in [1.29, 1.82) is 0 Å². The van der Waals surface area contributed by atoms with Gasteiger partial charge in [0.05, 0.1) is 6.54 Å². The van der Waals surface area contributed by atoms with E-state index >= 15 is 0 Å². The number of hydrogen-bond donors (Lipinski definition) is 1. The monoisotopic (exact) mass is 358 g/mol. The van der Waals surface area contributed by atoms with Crippen molar-refractivity contribution < 1.29 is 27.3 Å². The Balaban J connectivity index is 1.63. The Morgan fingerprint density at radius 2 is 2.16 bits per heavy atom. The maximum atomic E-state index is 12.4. The van der Waals surface area contributed by atoms with Gasteiger partial charge < -0.3 is 9.42 Å². The van der Waals surface area contributed by atoms with E-state index in [4.69, 9.17) is 4.52 Å². The number of amides is 3. The summed E-state index contributed by atoms with van der Waals surface area (Å²) in [6, 6.07) is 2.05. The number of alkyl halides is 3. The summed E-state index contributed by atoms with van der Waals surface area (Å²) < 4.78 is 43.7. The number of aryl methyl sites for hydroxylation is 1. The van der Waals surface area contributed by atoms with E-state index in [1.54, 1.807) is 19.3 Å². The molecule has 2 aromatic heterocycles. The van der Waals surface area contributed by atoms with Crippen LogP contribution in [0.3, 0.4) is 0 Å². The summed E-state index contributed by atoms with van der Waals surface area (Å²) in [7, 11) is 1.71. The Morgan fingerprint density at radius 3 is 2.80 bits per heavy atom. The molecule has 25 heavy (non-hydrogen) atoms. The lowest BCUT2D eigenvalue weighted by Crippen LogP contribution is -2.46. The molecule has 1 saturated heterocycles. The number of halogens is 3. The zero-order chi connectivity index (χ0) is 18.2. The van der Waals surface area contributed by atoms with Gasteiger partial charge in [-0.25, -0.2) is 9.80 Å². The number of rotatable bonds is 4. The molecule has 0 saturated carbocycles. The van der Waals surface area contributed by atoms with Crippen molar-refractivity contribution in [2.75, 3.05) is 19.6 Å². The molecule has 0 bridgehead atoms. The number of urea groups is 1. The van der Waals surface area contributed by atoms with Crippen LogP contribution in [0.4, 0.5) is 18.0 Å². The Bertz CT molecular complexity index is 799. The number of hydrazine groups is 1. The number of carbonyl (C=O) groups excluding carboxylic acids is 2. The van der Waals surface area contributed by atoms with Crippen LogP contribution in [0.15, 0.2) is 22.9 Å². The van der Waals surface area contributed by atoms with Crippen LogP contribution >= 0.6 is 0 Å². The van der Waals surface area contributed by atoms with Crippen LogP contribution in [-0.4, -0.2) is 62.6 Å². The molecule has 134 valence electrons. The second kappa shape index (κ2) is 6.11. The molecule has 1 aliphatic heterocycles. The lowest BCUT2D eigenvalue weighted by molar-refractivity contribution is -0.138. The number of hydrogen-bond acceptors (Lipinski definition) is 5. The molecule has 12 heteroatoms. The SMILES string of the molecule is Cn1ccc(-c2cc(C(=O)NN3CCN(CC(F)(F)F)C3=O)no2)n1. The lowest BCUT2D eigenvalue weighted by Gasteiger charge is -2.19. The molecular formula is C13H13F3N6O3. The molecule has 3 amide bonds. The summed E-state index contributed by atoms with van der Waals surface area (Å²) in [6.07, 6.45) is -2.82. The lowest BCUT2D eigenvalue weighted by atomic mass is 10.3. The third-order valence-corrected chi connectivity index (χ3v) is 3.41. The summed E-state index contributed by atoms with van der Waals surface area (Å²) in [5.41, 5.74) is 2.56. The van der Waals surface area contributed by atoms with Crippen LogP contribution in [0, 0.1) is 0 Å². The minimum Gasteiger partial charge on any atom is -0.354 e. The average Bonchev–Trinajstić information content (AvgIpc) is 3.22. The minimum absolute atomic E-state index is 0.0639. The van der Waals surface area contributed by atoms with Crippen molar-refractivity contribution in [3.63, 3.8) is 0 Å². The van der Waals surface area contributed by atoms with Crippen molar-refractivity contribution in [3.05, 3.63) is 24.0 Å². The van der Waals surface area contributed by atoms with Crippen molar-refractivity contribution >= 4 is 11.9 Å². The highest BCUT2D eigenvalue weighted by molar-refractivity contribution is 5.94. The third kappa shape index (κ3) is 3.72. The van der Waals surface area contributed by atoms with Crippen LogP contribution in [0.25, 0.3) is 11.5 Å². The topological polar surface area (TPSA) is 96.5 Å². The van der Waals surface area contributed by atoms with Gasteiger partial charge in [-0.3, -0.25) is 14.9 Å². The molecule has 0 aliphatic carbocycles. The maximum Gasteiger partial charge on any atom is 0.406 e. The highest BCUT2D eigenvalue weighted by Gasteiger charge is 2.38. The first-order chi connectivity index (χ1) is 11.7.